The second kappa shape index (κ2) is 11.3. The van der Waals surface area contributed by atoms with Gasteiger partial charge in [-0.15, -0.1) is 0 Å². The van der Waals surface area contributed by atoms with Crippen LogP contribution in [0.2, 0.25) is 15.1 Å². The maximum atomic E-state index is 13.3. The molecule has 2 aromatic rings. The van der Waals surface area contributed by atoms with Crippen molar-refractivity contribution in [3.05, 3.63) is 63.1 Å². The van der Waals surface area contributed by atoms with Crippen LogP contribution in [-0.2, 0) is 26.2 Å². The average Bonchev–Trinajstić information content (AvgIpc) is 2.72. The van der Waals surface area contributed by atoms with Crippen molar-refractivity contribution in [2.24, 2.45) is 0 Å². The molecular weight excluding hydrogens is 521 g/mol. The third-order valence-corrected chi connectivity index (χ3v) is 7.69. The summed E-state index contributed by atoms with van der Waals surface area (Å²) >= 11 is 18.0. The van der Waals surface area contributed by atoms with Gasteiger partial charge in [-0.05, 0) is 69.7 Å². The molecule has 0 aliphatic heterocycles. The fraction of sp³-hybridized carbons (Fsp3) is 0.391. The van der Waals surface area contributed by atoms with Gasteiger partial charge in [0.1, 0.15) is 6.04 Å². The zero-order valence-corrected chi connectivity index (χ0v) is 22.7. The summed E-state index contributed by atoms with van der Waals surface area (Å²) in [7, 11) is -2.65. The van der Waals surface area contributed by atoms with Crippen molar-refractivity contribution in [3.63, 3.8) is 0 Å². The summed E-state index contributed by atoms with van der Waals surface area (Å²) < 4.78 is 26.8. The molecule has 2 rings (SSSR count). The molecule has 0 saturated carbocycles. The molecule has 186 valence electrons. The summed E-state index contributed by atoms with van der Waals surface area (Å²) in [5, 5.41) is 3.91. The molecule has 0 aliphatic carbocycles. The van der Waals surface area contributed by atoms with E-state index < -0.39 is 34.1 Å². The Morgan fingerprint density at radius 2 is 1.59 bits per heavy atom. The number of hydrogen-bond acceptors (Lipinski definition) is 4. The third kappa shape index (κ3) is 7.58. The Hall–Kier alpha value is -1.84. The molecule has 0 radical (unpaired) electrons. The van der Waals surface area contributed by atoms with Crippen molar-refractivity contribution < 1.29 is 18.0 Å². The first kappa shape index (κ1) is 28.4. The number of hydrogen-bond donors (Lipinski definition) is 1. The molecule has 11 heteroatoms. The van der Waals surface area contributed by atoms with E-state index in [1.54, 1.807) is 25.1 Å². The number of amides is 2. The molecule has 0 saturated heterocycles. The molecule has 0 spiro atoms. The zero-order chi connectivity index (χ0) is 25.8. The van der Waals surface area contributed by atoms with Crippen molar-refractivity contribution in [2.75, 3.05) is 13.6 Å². The highest BCUT2D eigenvalue weighted by molar-refractivity contribution is 7.89. The second-order valence-corrected chi connectivity index (χ2v) is 12.2. The van der Waals surface area contributed by atoms with E-state index in [0.29, 0.717) is 20.6 Å². The van der Waals surface area contributed by atoms with Crippen LogP contribution in [0.15, 0.2) is 47.4 Å². The van der Waals surface area contributed by atoms with Crippen molar-refractivity contribution in [1.29, 1.82) is 0 Å². The fourth-order valence-corrected chi connectivity index (χ4v) is 4.61. The lowest BCUT2D eigenvalue weighted by atomic mass is 10.1. The Balaban J connectivity index is 2.32. The van der Waals surface area contributed by atoms with E-state index in [4.69, 9.17) is 34.8 Å². The van der Waals surface area contributed by atoms with E-state index in [1.165, 1.54) is 36.2 Å². The Morgan fingerprint density at radius 1 is 1.00 bits per heavy atom. The van der Waals surface area contributed by atoms with Crippen LogP contribution in [0.25, 0.3) is 0 Å². The normalized spacial score (nSPS) is 13.0. The summed E-state index contributed by atoms with van der Waals surface area (Å²) in [6.45, 7) is 6.63. The first-order chi connectivity index (χ1) is 15.6. The number of rotatable bonds is 8. The van der Waals surface area contributed by atoms with Gasteiger partial charge in [0.2, 0.25) is 21.8 Å². The third-order valence-electron chi connectivity index (χ3n) is 4.88. The maximum absolute atomic E-state index is 13.3. The summed E-state index contributed by atoms with van der Waals surface area (Å²) in [6, 6.07) is 9.66. The van der Waals surface area contributed by atoms with Gasteiger partial charge in [-0.25, -0.2) is 8.42 Å². The van der Waals surface area contributed by atoms with Crippen LogP contribution in [0.5, 0.6) is 0 Å². The number of nitrogens with zero attached hydrogens (tertiary/aromatic N) is 2. The molecule has 0 aliphatic rings. The van der Waals surface area contributed by atoms with E-state index in [2.05, 4.69) is 5.32 Å². The molecule has 2 amide bonds. The van der Waals surface area contributed by atoms with Crippen LogP contribution < -0.4 is 5.32 Å². The van der Waals surface area contributed by atoms with Crippen molar-refractivity contribution in [3.8, 4) is 0 Å². The quantitative estimate of drug-likeness (QED) is 0.522. The summed E-state index contributed by atoms with van der Waals surface area (Å²) in [4.78, 5) is 27.5. The monoisotopic (exact) mass is 547 g/mol. The largest absolute Gasteiger partial charge is 0.350 e. The lowest BCUT2D eigenvalue weighted by Gasteiger charge is -2.32. The highest BCUT2D eigenvalue weighted by Gasteiger charge is 2.31. The number of sulfonamides is 1. The first-order valence-electron chi connectivity index (χ1n) is 10.4. The highest BCUT2D eigenvalue weighted by Crippen LogP contribution is 2.24. The van der Waals surface area contributed by atoms with Crippen molar-refractivity contribution in [2.45, 2.75) is 50.7 Å². The van der Waals surface area contributed by atoms with Gasteiger partial charge in [0.25, 0.3) is 0 Å². The van der Waals surface area contributed by atoms with Gasteiger partial charge in [-0.2, -0.15) is 4.31 Å². The molecule has 1 atom stereocenters. The van der Waals surface area contributed by atoms with E-state index >= 15 is 0 Å². The van der Waals surface area contributed by atoms with Gasteiger partial charge in [0, 0.05) is 24.2 Å². The molecule has 1 N–H and O–H groups in total. The molecule has 2 aromatic carbocycles. The van der Waals surface area contributed by atoms with Gasteiger partial charge in [-0.3, -0.25) is 9.59 Å². The predicted octanol–water partition coefficient (Wildman–Crippen LogP) is 4.60. The van der Waals surface area contributed by atoms with Gasteiger partial charge >= 0.3 is 0 Å². The van der Waals surface area contributed by atoms with Crippen LogP contribution in [0, 0.1) is 0 Å². The van der Waals surface area contributed by atoms with Crippen molar-refractivity contribution in [1.82, 2.24) is 14.5 Å². The number of halogens is 3. The smallest absolute Gasteiger partial charge is 0.243 e. The second-order valence-electron chi connectivity index (χ2n) is 8.90. The lowest BCUT2D eigenvalue weighted by molar-refractivity contribution is -0.141. The number of likely N-dealkylation sites (N-methyl/N-ethyl adjacent to an activating group) is 1. The van der Waals surface area contributed by atoms with Gasteiger partial charge in [0.15, 0.2) is 0 Å². The van der Waals surface area contributed by atoms with Crippen LogP contribution in [0.1, 0.15) is 33.3 Å². The number of carbonyl (C=O) groups excluding carboxylic acids is 2. The molecule has 0 bridgehead atoms. The SMILES string of the molecule is C[C@@H](C(=O)NC(C)(C)C)N(Cc1ccc(Cl)c(Cl)c1)C(=O)CN(C)S(=O)(=O)c1ccc(Cl)cc1. The number of nitrogens with one attached hydrogen (secondary N) is 1. The van der Waals surface area contributed by atoms with Gasteiger partial charge in [-0.1, -0.05) is 40.9 Å². The molecular formula is C23H28Cl3N3O4S. The van der Waals surface area contributed by atoms with Crippen molar-refractivity contribution >= 4 is 56.6 Å². The Bertz CT molecular complexity index is 1150. The standard InChI is InChI=1S/C23H28Cl3N3O4S/c1-15(22(31)27-23(2,3)4)29(13-16-6-11-19(25)20(26)12-16)21(30)14-28(5)34(32,33)18-9-7-17(24)8-10-18/h6-12,15H,13-14H2,1-5H3,(H,27,31)/t15-/m0/s1. The van der Waals surface area contributed by atoms with E-state index in [-0.39, 0.29) is 17.3 Å². The molecule has 0 unspecified atom stereocenters. The van der Waals surface area contributed by atoms with E-state index in [1.807, 2.05) is 20.8 Å². The first-order valence-corrected chi connectivity index (χ1v) is 13.0. The minimum Gasteiger partial charge on any atom is -0.350 e. The van der Waals surface area contributed by atoms with E-state index in [9.17, 15) is 18.0 Å². The fourth-order valence-electron chi connectivity index (χ4n) is 3.04. The molecule has 34 heavy (non-hydrogen) atoms. The number of carbonyl (C=O) groups is 2. The van der Waals surface area contributed by atoms with Crippen LogP contribution in [0.4, 0.5) is 0 Å². The van der Waals surface area contributed by atoms with Gasteiger partial charge in [0.05, 0.1) is 21.5 Å². The van der Waals surface area contributed by atoms with Crippen LogP contribution in [0.3, 0.4) is 0 Å². The minimum absolute atomic E-state index is 0.00163. The summed E-state index contributed by atoms with van der Waals surface area (Å²) in [5.41, 5.74) is 0.125. The predicted molar refractivity (Wildman–Crippen MR) is 136 cm³/mol. The summed E-state index contributed by atoms with van der Waals surface area (Å²) in [6.07, 6.45) is 0. The highest BCUT2D eigenvalue weighted by atomic mass is 35.5. The Labute approximate surface area is 216 Å². The Morgan fingerprint density at radius 3 is 2.12 bits per heavy atom. The minimum atomic E-state index is -3.96. The van der Waals surface area contributed by atoms with E-state index in [0.717, 1.165) is 4.31 Å². The molecule has 0 aromatic heterocycles. The number of benzene rings is 2. The topological polar surface area (TPSA) is 86.8 Å². The zero-order valence-electron chi connectivity index (χ0n) is 19.6. The Kier molecular flexibility index (Phi) is 9.41. The lowest BCUT2D eigenvalue weighted by Crippen LogP contribution is -2.54. The van der Waals surface area contributed by atoms with Crippen LogP contribution in [-0.4, -0.2) is 54.6 Å². The average molecular weight is 549 g/mol. The van der Waals surface area contributed by atoms with Gasteiger partial charge < -0.3 is 10.2 Å². The maximum Gasteiger partial charge on any atom is 0.243 e. The molecule has 0 heterocycles. The summed E-state index contributed by atoms with van der Waals surface area (Å²) in [5.74, 6) is -0.924. The molecule has 0 fully saturated rings. The van der Waals surface area contributed by atoms with Crippen LogP contribution >= 0.6 is 34.8 Å². The molecule has 7 nitrogen and oxygen atoms in total.